The van der Waals surface area contributed by atoms with Gasteiger partial charge in [0.05, 0.1) is 12.1 Å². The van der Waals surface area contributed by atoms with E-state index < -0.39 is 0 Å². The lowest BCUT2D eigenvalue weighted by Gasteiger charge is -2.36. The van der Waals surface area contributed by atoms with Crippen LogP contribution >= 0.6 is 36.4 Å². The number of amides is 2. The van der Waals surface area contributed by atoms with Gasteiger partial charge in [0.2, 0.25) is 5.91 Å². The minimum atomic E-state index is -0.339. The summed E-state index contributed by atoms with van der Waals surface area (Å²) in [6.45, 7) is 2.63. The first-order chi connectivity index (χ1) is 12.5. The Hall–Kier alpha value is -2.15. The van der Waals surface area contributed by atoms with Gasteiger partial charge in [0.15, 0.2) is 0 Å². The second kappa shape index (κ2) is 11.0. The van der Waals surface area contributed by atoms with Crippen molar-refractivity contribution in [1.82, 2.24) is 10.2 Å². The summed E-state index contributed by atoms with van der Waals surface area (Å²) in [4.78, 5) is 28.4. The highest BCUT2D eigenvalue weighted by molar-refractivity contribution is 6.30. The number of hydrogen-bond acceptors (Lipinski definition) is 4. The Morgan fingerprint density at radius 3 is 2.32 bits per heavy atom. The molecule has 1 fully saturated rings. The van der Waals surface area contributed by atoms with Gasteiger partial charge in [-0.05, 0) is 30.3 Å². The summed E-state index contributed by atoms with van der Waals surface area (Å²) in [6, 6.07) is 14.5. The van der Waals surface area contributed by atoms with E-state index in [-0.39, 0.29) is 43.2 Å². The summed E-state index contributed by atoms with van der Waals surface area (Å²) in [5.41, 5.74) is 7.61. The van der Waals surface area contributed by atoms with E-state index in [0.717, 1.165) is 18.8 Å². The summed E-state index contributed by atoms with van der Waals surface area (Å²) in [7, 11) is 0. The number of nitrogen functional groups attached to an aromatic ring is 1. The number of benzene rings is 2. The van der Waals surface area contributed by atoms with E-state index in [0.29, 0.717) is 29.4 Å². The van der Waals surface area contributed by atoms with Crippen LogP contribution in [0.4, 0.5) is 11.4 Å². The molecule has 0 saturated carbocycles. The molecule has 3 N–H and O–H groups in total. The van der Waals surface area contributed by atoms with E-state index in [2.05, 4.69) is 10.2 Å². The Morgan fingerprint density at radius 2 is 1.68 bits per heavy atom. The molecular weight excluding hydrogens is 423 g/mol. The molecule has 152 valence electrons. The summed E-state index contributed by atoms with van der Waals surface area (Å²) in [5, 5.41) is 3.34. The van der Waals surface area contributed by atoms with Gasteiger partial charge in [-0.25, -0.2) is 0 Å². The molecule has 3 rings (SSSR count). The number of rotatable bonds is 4. The van der Waals surface area contributed by atoms with Gasteiger partial charge in [-0.15, -0.1) is 24.8 Å². The van der Waals surface area contributed by atoms with Crippen molar-refractivity contribution in [3.63, 3.8) is 0 Å². The Kier molecular flexibility index (Phi) is 9.38. The van der Waals surface area contributed by atoms with Gasteiger partial charge in [0, 0.05) is 42.6 Å². The molecule has 9 heteroatoms. The fourth-order valence-corrected chi connectivity index (χ4v) is 3.14. The van der Waals surface area contributed by atoms with Crippen LogP contribution in [0, 0.1) is 0 Å². The molecule has 0 bridgehead atoms. The van der Waals surface area contributed by atoms with Crippen LogP contribution in [0.5, 0.6) is 0 Å². The fraction of sp³-hybridized carbons (Fsp3) is 0.263. The molecule has 6 nitrogen and oxygen atoms in total. The Bertz CT molecular complexity index is 811. The van der Waals surface area contributed by atoms with Crippen LogP contribution in [0.15, 0.2) is 48.5 Å². The SMILES string of the molecule is Cl.Cl.Nc1ccccc1C(=O)NCC(=O)N1CCN(c2cccc(Cl)c2)CC1. The van der Waals surface area contributed by atoms with Gasteiger partial charge in [-0.1, -0.05) is 29.8 Å². The summed E-state index contributed by atoms with van der Waals surface area (Å²) >= 11 is 6.04. The number of nitrogens with two attached hydrogens (primary N) is 1. The van der Waals surface area contributed by atoms with E-state index in [1.807, 2.05) is 24.3 Å². The molecule has 1 aliphatic heterocycles. The maximum atomic E-state index is 12.4. The van der Waals surface area contributed by atoms with Crippen LogP contribution in [-0.4, -0.2) is 49.4 Å². The first-order valence-corrected chi connectivity index (χ1v) is 8.83. The molecule has 0 aliphatic carbocycles. The fourth-order valence-electron chi connectivity index (χ4n) is 2.95. The molecule has 1 aliphatic rings. The number of nitrogens with zero attached hydrogens (tertiary/aromatic N) is 2. The van der Waals surface area contributed by atoms with Crippen LogP contribution in [0.3, 0.4) is 0 Å². The van der Waals surface area contributed by atoms with Crippen LogP contribution in [0.1, 0.15) is 10.4 Å². The van der Waals surface area contributed by atoms with Crippen molar-refractivity contribution in [2.45, 2.75) is 0 Å². The molecule has 0 aromatic heterocycles. The molecule has 2 amide bonds. The Morgan fingerprint density at radius 1 is 1.00 bits per heavy atom. The van der Waals surface area contributed by atoms with Crippen molar-refractivity contribution in [3.8, 4) is 0 Å². The van der Waals surface area contributed by atoms with Crippen molar-refractivity contribution in [2.24, 2.45) is 0 Å². The van der Waals surface area contributed by atoms with E-state index >= 15 is 0 Å². The molecule has 0 spiro atoms. The normalized spacial score (nSPS) is 13.2. The van der Waals surface area contributed by atoms with Gasteiger partial charge in [-0.2, -0.15) is 0 Å². The predicted molar refractivity (Wildman–Crippen MR) is 118 cm³/mol. The second-order valence-corrected chi connectivity index (χ2v) is 6.55. The zero-order valence-electron chi connectivity index (χ0n) is 15.1. The molecule has 2 aromatic carbocycles. The van der Waals surface area contributed by atoms with Crippen molar-refractivity contribution in [3.05, 3.63) is 59.1 Å². The van der Waals surface area contributed by atoms with E-state index in [4.69, 9.17) is 17.3 Å². The van der Waals surface area contributed by atoms with Crippen molar-refractivity contribution in [2.75, 3.05) is 43.4 Å². The third-order valence-electron chi connectivity index (χ3n) is 4.41. The summed E-state index contributed by atoms with van der Waals surface area (Å²) in [5.74, 6) is -0.437. The molecule has 1 heterocycles. The highest BCUT2D eigenvalue weighted by Crippen LogP contribution is 2.20. The minimum Gasteiger partial charge on any atom is -0.398 e. The molecule has 28 heavy (non-hydrogen) atoms. The monoisotopic (exact) mass is 444 g/mol. The molecule has 0 atom stereocenters. The summed E-state index contributed by atoms with van der Waals surface area (Å²) < 4.78 is 0. The van der Waals surface area contributed by atoms with E-state index in [1.165, 1.54) is 0 Å². The first kappa shape index (κ1) is 23.9. The van der Waals surface area contributed by atoms with Gasteiger partial charge in [-0.3, -0.25) is 9.59 Å². The number of hydrogen-bond donors (Lipinski definition) is 2. The van der Waals surface area contributed by atoms with Crippen molar-refractivity contribution < 1.29 is 9.59 Å². The van der Waals surface area contributed by atoms with Crippen molar-refractivity contribution in [1.29, 1.82) is 0 Å². The van der Waals surface area contributed by atoms with Crippen LogP contribution in [-0.2, 0) is 4.79 Å². The molecular formula is C19H23Cl3N4O2. The van der Waals surface area contributed by atoms with E-state index in [9.17, 15) is 9.59 Å². The highest BCUT2D eigenvalue weighted by atomic mass is 35.5. The number of carbonyl (C=O) groups is 2. The molecule has 0 unspecified atom stereocenters. The quantitative estimate of drug-likeness (QED) is 0.709. The second-order valence-electron chi connectivity index (χ2n) is 6.12. The Labute approximate surface area is 181 Å². The zero-order chi connectivity index (χ0) is 18.5. The standard InChI is InChI=1S/C19H21ClN4O2.2ClH/c20-14-4-3-5-15(12-14)23-8-10-24(11-9-23)18(25)13-22-19(26)16-6-1-2-7-17(16)21;;/h1-7,12H,8-11,13,21H2,(H,22,26);2*1H. The van der Waals surface area contributed by atoms with Crippen LogP contribution in [0.25, 0.3) is 0 Å². The number of nitrogens with one attached hydrogen (secondary N) is 1. The first-order valence-electron chi connectivity index (χ1n) is 8.45. The van der Waals surface area contributed by atoms with Gasteiger partial charge in [0.25, 0.3) is 5.91 Å². The maximum absolute atomic E-state index is 12.4. The smallest absolute Gasteiger partial charge is 0.253 e. The third-order valence-corrected chi connectivity index (χ3v) is 4.65. The lowest BCUT2D eigenvalue weighted by atomic mass is 10.1. The molecule has 0 radical (unpaired) electrons. The number of piperazine rings is 1. The number of para-hydroxylation sites is 1. The average Bonchev–Trinajstić information content (AvgIpc) is 2.66. The maximum Gasteiger partial charge on any atom is 0.253 e. The Balaban J connectivity index is 0.00000196. The minimum absolute atomic E-state index is 0. The predicted octanol–water partition coefficient (Wildman–Crippen LogP) is 2.84. The van der Waals surface area contributed by atoms with Gasteiger partial charge < -0.3 is 20.9 Å². The topological polar surface area (TPSA) is 78.7 Å². The zero-order valence-corrected chi connectivity index (χ0v) is 17.5. The number of carbonyl (C=O) groups excluding carboxylic acids is 2. The lowest BCUT2D eigenvalue weighted by molar-refractivity contribution is -0.130. The van der Waals surface area contributed by atoms with E-state index in [1.54, 1.807) is 29.2 Å². The summed E-state index contributed by atoms with van der Waals surface area (Å²) in [6.07, 6.45) is 0. The van der Waals surface area contributed by atoms with Crippen LogP contribution < -0.4 is 16.0 Å². The molecule has 2 aromatic rings. The van der Waals surface area contributed by atoms with Crippen molar-refractivity contribution >= 4 is 59.6 Å². The third kappa shape index (κ3) is 5.92. The number of anilines is 2. The van der Waals surface area contributed by atoms with Gasteiger partial charge in [0.1, 0.15) is 0 Å². The molecule has 1 saturated heterocycles. The van der Waals surface area contributed by atoms with Crippen LogP contribution in [0.2, 0.25) is 5.02 Å². The lowest BCUT2D eigenvalue weighted by Crippen LogP contribution is -2.51. The van der Waals surface area contributed by atoms with Gasteiger partial charge >= 0.3 is 0 Å². The largest absolute Gasteiger partial charge is 0.398 e. The average molecular weight is 446 g/mol. The highest BCUT2D eigenvalue weighted by Gasteiger charge is 2.22. The number of halogens is 3.